The second-order valence-electron chi connectivity index (χ2n) is 12.4. The van der Waals surface area contributed by atoms with Crippen LogP contribution in [-0.2, 0) is 59.5 Å². The lowest BCUT2D eigenvalue weighted by Gasteiger charge is -2.11. The summed E-state index contributed by atoms with van der Waals surface area (Å²) in [5, 5.41) is 0. The fourth-order valence-corrected chi connectivity index (χ4v) is 8.37. The van der Waals surface area contributed by atoms with Gasteiger partial charge in [0.05, 0.1) is 0 Å². The summed E-state index contributed by atoms with van der Waals surface area (Å²) >= 11 is 0. The molecular formula is C38H46O11PS2+. The van der Waals surface area contributed by atoms with Crippen molar-refractivity contribution in [3.63, 3.8) is 0 Å². The Morgan fingerprint density at radius 3 is 1.27 bits per heavy atom. The molecule has 4 rings (SSSR count). The van der Waals surface area contributed by atoms with Gasteiger partial charge in [-0.3, -0.25) is 9.11 Å². The van der Waals surface area contributed by atoms with Gasteiger partial charge in [0.15, 0.2) is 0 Å². The SMILES string of the molecule is CCCc1ccc(Oc2cccc(CCCC(O[P+](=O)OC(CCCc3cccc(Oc4ccc(CCC)cc4)c3)S(=O)(=O)O)S(=O)(=O)O)c2)cc1. The summed E-state index contributed by atoms with van der Waals surface area (Å²) in [6, 6.07) is 30.1. The Morgan fingerprint density at radius 1 is 0.538 bits per heavy atom. The molecule has 2 N–H and O–H groups in total. The normalized spacial score (nSPS) is 13.3. The summed E-state index contributed by atoms with van der Waals surface area (Å²) in [7, 11) is -13.1. The quantitative estimate of drug-likeness (QED) is 0.0578. The molecule has 0 spiro atoms. The summed E-state index contributed by atoms with van der Waals surface area (Å²) in [6.07, 6.45) is 4.62. The molecule has 4 aromatic rings. The molecule has 0 amide bonds. The molecule has 0 aliphatic rings. The Morgan fingerprint density at radius 2 is 0.923 bits per heavy atom. The maximum Gasteiger partial charge on any atom is 0.700 e. The van der Waals surface area contributed by atoms with E-state index in [1.54, 1.807) is 36.4 Å². The molecule has 0 aliphatic carbocycles. The van der Waals surface area contributed by atoms with Crippen LogP contribution >= 0.6 is 8.25 Å². The second kappa shape index (κ2) is 20.0. The van der Waals surface area contributed by atoms with E-state index >= 15 is 0 Å². The molecular weight excluding hydrogens is 728 g/mol. The first-order valence-electron chi connectivity index (χ1n) is 17.3. The largest absolute Gasteiger partial charge is 0.700 e. The van der Waals surface area contributed by atoms with Crippen LogP contribution in [0.4, 0.5) is 0 Å². The number of rotatable bonds is 22. The predicted octanol–water partition coefficient (Wildman–Crippen LogP) is 9.64. The average molecular weight is 774 g/mol. The first-order valence-corrected chi connectivity index (χ1v) is 21.4. The van der Waals surface area contributed by atoms with E-state index in [4.69, 9.17) is 18.5 Å². The van der Waals surface area contributed by atoms with Gasteiger partial charge >= 0.3 is 8.25 Å². The molecule has 0 saturated carbocycles. The zero-order valence-corrected chi connectivity index (χ0v) is 31.8. The first-order chi connectivity index (χ1) is 24.8. The Labute approximate surface area is 307 Å². The highest BCUT2D eigenvalue weighted by molar-refractivity contribution is 7.86. The van der Waals surface area contributed by atoms with Crippen molar-refractivity contribution >= 4 is 28.5 Å². The Hall–Kier alpha value is -3.68. The third-order valence-corrected chi connectivity index (χ3v) is 11.2. The smallest absolute Gasteiger partial charge is 0.457 e. The van der Waals surface area contributed by atoms with Crippen LogP contribution in [0, 0.1) is 0 Å². The van der Waals surface area contributed by atoms with Gasteiger partial charge in [-0.05, 0) is 122 Å². The molecule has 2 unspecified atom stereocenters. The van der Waals surface area contributed by atoms with Crippen molar-refractivity contribution in [1.29, 1.82) is 0 Å². The van der Waals surface area contributed by atoms with Crippen LogP contribution in [0.5, 0.6) is 23.0 Å². The third kappa shape index (κ3) is 14.0. The van der Waals surface area contributed by atoms with Crippen LogP contribution < -0.4 is 9.47 Å². The summed E-state index contributed by atoms with van der Waals surface area (Å²) in [5.74, 6) is 2.52. The van der Waals surface area contributed by atoms with E-state index in [2.05, 4.69) is 13.8 Å². The monoisotopic (exact) mass is 773 g/mol. The van der Waals surface area contributed by atoms with E-state index in [-0.39, 0.29) is 25.7 Å². The lowest BCUT2D eigenvalue weighted by molar-refractivity contribution is 0.170. The number of ether oxygens (including phenoxy) is 2. The molecule has 0 aliphatic heterocycles. The summed E-state index contributed by atoms with van der Waals surface area (Å²) in [6.45, 7) is 4.23. The van der Waals surface area contributed by atoms with Crippen molar-refractivity contribution in [3.8, 4) is 23.0 Å². The van der Waals surface area contributed by atoms with Crippen LogP contribution in [0.2, 0.25) is 0 Å². The predicted molar refractivity (Wildman–Crippen MR) is 200 cm³/mol. The van der Waals surface area contributed by atoms with Crippen molar-refractivity contribution in [2.24, 2.45) is 0 Å². The van der Waals surface area contributed by atoms with E-state index in [9.17, 15) is 30.5 Å². The summed E-state index contributed by atoms with van der Waals surface area (Å²) in [5.41, 5.74) is 0.161. The lowest BCUT2D eigenvalue weighted by atomic mass is 10.1. The standard InChI is InChI=1S/C38H45O11PS2/c1-3-9-29-19-23-33(24-20-29)46-35-15-5-11-31(27-35)13-7-17-37(51(40,41)42)48-50(39)49-38(52(43,44)45)18-8-14-32-12-6-16-36(28-32)47-34-25-21-30(10-4-2)22-26-34/h5-6,11-12,15-16,19-28,37-38H,3-4,7-10,13-14,17-18H2,1-2H3,(H-,40,41,42,43,44,45)/p+1. The molecule has 52 heavy (non-hydrogen) atoms. The number of hydrogen-bond donors (Lipinski definition) is 2. The van der Waals surface area contributed by atoms with Crippen LogP contribution in [0.1, 0.15) is 74.6 Å². The highest BCUT2D eigenvalue weighted by Gasteiger charge is 2.41. The van der Waals surface area contributed by atoms with E-state index in [0.29, 0.717) is 35.8 Å². The van der Waals surface area contributed by atoms with Gasteiger partial charge in [0.2, 0.25) is 10.9 Å². The van der Waals surface area contributed by atoms with Crippen LogP contribution in [0.25, 0.3) is 0 Å². The van der Waals surface area contributed by atoms with E-state index in [0.717, 1.165) is 36.8 Å². The van der Waals surface area contributed by atoms with Gasteiger partial charge in [-0.2, -0.15) is 16.8 Å². The first kappa shape index (κ1) is 41.1. The minimum Gasteiger partial charge on any atom is -0.457 e. The Bertz CT molecular complexity index is 1810. The summed E-state index contributed by atoms with van der Waals surface area (Å²) < 4.78 is 102. The minimum atomic E-state index is -4.86. The molecule has 14 heteroatoms. The van der Waals surface area contributed by atoms with Crippen molar-refractivity contribution in [1.82, 2.24) is 0 Å². The zero-order chi connectivity index (χ0) is 37.6. The molecule has 280 valence electrons. The molecule has 0 heterocycles. The molecule has 11 nitrogen and oxygen atoms in total. The Kier molecular flexibility index (Phi) is 15.8. The molecule has 0 saturated heterocycles. The van der Waals surface area contributed by atoms with Crippen molar-refractivity contribution in [2.45, 2.75) is 88.9 Å². The zero-order valence-electron chi connectivity index (χ0n) is 29.3. The third-order valence-electron chi connectivity index (χ3n) is 8.07. The molecule has 4 aromatic carbocycles. The number of benzene rings is 4. The maximum atomic E-state index is 12.7. The van der Waals surface area contributed by atoms with Gasteiger partial charge in [0, 0.05) is 4.57 Å². The van der Waals surface area contributed by atoms with E-state index in [1.165, 1.54) is 11.1 Å². The fourth-order valence-electron chi connectivity index (χ4n) is 5.50. The molecule has 0 radical (unpaired) electrons. The molecule has 0 bridgehead atoms. The summed E-state index contributed by atoms with van der Waals surface area (Å²) in [4.78, 5) is 0. The minimum absolute atomic E-state index is 0.192. The second-order valence-corrected chi connectivity index (χ2v) is 16.4. The molecule has 0 fully saturated rings. The van der Waals surface area contributed by atoms with Crippen LogP contribution in [-0.4, -0.2) is 36.8 Å². The highest BCUT2D eigenvalue weighted by Crippen LogP contribution is 2.34. The Balaban J connectivity index is 1.27. The van der Waals surface area contributed by atoms with Gasteiger partial charge in [-0.15, -0.1) is 0 Å². The van der Waals surface area contributed by atoms with Gasteiger partial charge in [0.1, 0.15) is 23.0 Å². The lowest BCUT2D eigenvalue weighted by Crippen LogP contribution is -2.25. The van der Waals surface area contributed by atoms with Gasteiger partial charge < -0.3 is 9.47 Å². The molecule has 0 aromatic heterocycles. The van der Waals surface area contributed by atoms with Crippen molar-refractivity contribution < 1.29 is 49.0 Å². The fraction of sp³-hybridized carbons (Fsp3) is 0.368. The topological polar surface area (TPSA) is 163 Å². The number of aryl methyl sites for hydroxylation is 4. The maximum absolute atomic E-state index is 12.7. The van der Waals surface area contributed by atoms with Gasteiger partial charge in [0.25, 0.3) is 20.2 Å². The van der Waals surface area contributed by atoms with Gasteiger partial charge in [-0.1, -0.05) is 84.3 Å². The van der Waals surface area contributed by atoms with E-state index in [1.807, 2.05) is 60.7 Å². The van der Waals surface area contributed by atoms with E-state index < -0.39 is 39.4 Å². The molecule has 2 atom stereocenters. The van der Waals surface area contributed by atoms with Crippen molar-refractivity contribution in [2.75, 3.05) is 0 Å². The number of hydrogen-bond acceptors (Lipinski definition) is 9. The van der Waals surface area contributed by atoms with Gasteiger partial charge in [-0.25, -0.2) is 0 Å². The highest BCUT2D eigenvalue weighted by atomic mass is 32.2. The van der Waals surface area contributed by atoms with Crippen molar-refractivity contribution in [3.05, 3.63) is 119 Å². The van der Waals surface area contributed by atoms with Crippen LogP contribution in [0.15, 0.2) is 97.1 Å². The van der Waals surface area contributed by atoms with Crippen LogP contribution in [0.3, 0.4) is 0 Å². The average Bonchev–Trinajstić information content (AvgIpc) is 3.09.